The van der Waals surface area contributed by atoms with Gasteiger partial charge in [-0.15, -0.1) is 0 Å². The number of rotatable bonds is 7. The number of carboxylic acids is 1. The highest BCUT2D eigenvalue weighted by Crippen LogP contribution is 2.21. The van der Waals surface area contributed by atoms with Crippen LogP contribution in [0.4, 0.5) is 0 Å². The first-order chi connectivity index (χ1) is 11.3. The molecule has 134 valence electrons. The number of hydrogen-bond acceptors (Lipinski definition) is 6. The molecule has 1 atom stereocenters. The second kappa shape index (κ2) is 7.93. The lowest BCUT2D eigenvalue weighted by atomic mass is 9.99. The number of carbonyl (C=O) groups is 1. The number of aliphatic hydroxyl groups is 1. The van der Waals surface area contributed by atoms with Gasteiger partial charge in [0.25, 0.3) is 0 Å². The third kappa shape index (κ3) is 4.67. The molecule has 1 unspecified atom stereocenters. The minimum Gasteiger partial charge on any atom is -0.507 e. The number of hydrogen-bond donors (Lipinski definition) is 4. The first-order valence-electron chi connectivity index (χ1n) is 7.72. The third-order valence-electron chi connectivity index (χ3n) is 4.09. The molecule has 0 aromatic heterocycles. The number of piperidine rings is 1. The molecule has 1 fully saturated rings. The summed E-state index contributed by atoms with van der Waals surface area (Å²) >= 11 is 0. The van der Waals surface area contributed by atoms with Gasteiger partial charge in [-0.3, -0.25) is 0 Å². The van der Waals surface area contributed by atoms with Crippen LogP contribution < -0.4 is 4.72 Å². The first-order valence-corrected chi connectivity index (χ1v) is 9.21. The number of aliphatic hydroxyl groups excluding tert-OH is 1. The molecule has 0 aliphatic carbocycles. The Balaban J connectivity index is 1.96. The summed E-state index contributed by atoms with van der Waals surface area (Å²) in [6.45, 7) is 2.43. The van der Waals surface area contributed by atoms with Gasteiger partial charge in [-0.2, -0.15) is 0 Å². The largest absolute Gasteiger partial charge is 0.507 e. The van der Waals surface area contributed by atoms with Gasteiger partial charge in [0.15, 0.2) is 0 Å². The summed E-state index contributed by atoms with van der Waals surface area (Å²) < 4.78 is 26.9. The van der Waals surface area contributed by atoms with E-state index in [9.17, 15) is 23.4 Å². The number of nitrogens with zero attached hydrogens (tertiary/aromatic N) is 1. The molecule has 1 aliphatic heterocycles. The topological polar surface area (TPSA) is 127 Å². The summed E-state index contributed by atoms with van der Waals surface area (Å²) in [6, 6.07) is 3.14. The van der Waals surface area contributed by atoms with Gasteiger partial charge in [0, 0.05) is 26.2 Å². The molecule has 8 nitrogen and oxygen atoms in total. The van der Waals surface area contributed by atoms with Crippen LogP contribution in [0, 0.1) is 5.92 Å². The number of likely N-dealkylation sites (tertiary alicyclic amines) is 1. The van der Waals surface area contributed by atoms with Crippen molar-refractivity contribution in [2.24, 2.45) is 5.92 Å². The number of nitrogens with one attached hydrogen (secondary N) is 1. The highest BCUT2D eigenvalue weighted by Gasteiger charge is 2.21. The average Bonchev–Trinajstić information content (AvgIpc) is 2.54. The van der Waals surface area contributed by atoms with Crippen LogP contribution in [-0.4, -0.2) is 67.4 Å². The molecule has 0 saturated carbocycles. The molecule has 0 amide bonds. The average molecular weight is 358 g/mol. The van der Waals surface area contributed by atoms with E-state index < -0.39 is 27.3 Å². The zero-order chi connectivity index (χ0) is 17.7. The Hall–Kier alpha value is -1.68. The van der Waals surface area contributed by atoms with E-state index in [1.165, 1.54) is 0 Å². The van der Waals surface area contributed by atoms with Crippen LogP contribution in [0.25, 0.3) is 0 Å². The fourth-order valence-corrected chi connectivity index (χ4v) is 3.83. The molecular weight excluding hydrogens is 336 g/mol. The van der Waals surface area contributed by atoms with Crippen molar-refractivity contribution < 1.29 is 28.5 Å². The standard InChI is InChI=1S/C15H22N2O6S/c18-10-11-2-1-6-17(9-11)7-5-16-24(22,23)12-3-4-14(19)13(8-12)15(20)21/h3-4,8,11,16,18-19H,1-2,5-7,9-10H2,(H,20,21). The molecule has 24 heavy (non-hydrogen) atoms. The Morgan fingerprint density at radius 1 is 1.38 bits per heavy atom. The van der Waals surface area contributed by atoms with Crippen molar-refractivity contribution in [3.8, 4) is 5.75 Å². The molecule has 4 N–H and O–H groups in total. The lowest BCUT2D eigenvalue weighted by Crippen LogP contribution is -2.41. The van der Waals surface area contributed by atoms with Crippen molar-refractivity contribution in [2.45, 2.75) is 17.7 Å². The molecule has 1 aromatic rings. The van der Waals surface area contributed by atoms with Crippen molar-refractivity contribution in [1.29, 1.82) is 0 Å². The number of benzene rings is 1. The van der Waals surface area contributed by atoms with Gasteiger partial charge in [-0.05, 0) is 43.5 Å². The van der Waals surface area contributed by atoms with Gasteiger partial charge in [0.05, 0.1) is 4.90 Å². The van der Waals surface area contributed by atoms with Crippen molar-refractivity contribution in [2.75, 3.05) is 32.8 Å². The zero-order valence-electron chi connectivity index (χ0n) is 13.2. The summed E-state index contributed by atoms with van der Waals surface area (Å²) in [4.78, 5) is 12.9. The summed E-state index contributed by atoms with van der Waals surface area (Å²) in [6.07, 6.45) is 1.95. The summed E-state index contributed by atoms with van der Waals surface area (Å²) in [5.41, 5.74) is -0.459. The summed E-state index contributed by atoms with van der Waals surface area (Å²) in [7, 11) is -3.85. The quantitative estimate of drug-likeness (QED) is 0.543. The van der Waals surface area contributed by atoms with Gasteiger partial charge in [-0.25, -0.2) is 17.9 Å². The SMILES string of the molecule is O=C(O)c1cc(S(=O)(=O)NCCN2CCCC(CO)C2)ccc1O. The Morgan fingerprint density at radius 2 is 2.12 bits per heavy atom. The van der Waals surface area contributed by atoms with E-state index in [0.29, 0.717) is 6.54 Å². The smallest absolute Gasteiger partial charge is 0.339 e. The molecule has 2 rings (SSSR count). The molecule has 0 radical (unpaired) electrons. The van der Waals surface area contributed by atoms with Crippen molar-refractivity contribution in [3.05, 3.63) is 23.8 Å². The van der Waals surface area contributed by atoms with Gasteiger partial charge in [-0.1, -0.05) is 0 Å². The molecule has 0 bridgehead atoms. The zero-order valence-corrected chi connectivity index (χ0v) is 14.0. The Kier molecular flexibility index (Phi) is 6.16. The van der Waals surface area contributed by atoms with Gasteiger partial charge < -0.3 is 20.2 Å². The minimum absolute atomic E-state index is 0.133. The number of sulfonamides is 1. The number of carboxylic acid groups (broad SMARTS) is 1. The maximum atomic E-state index is 12.2. The maximum Gasteiger partial charge on any atom is 0.339 e. The molecule has 1 saturated heterocycles. The highest BCUT2D eigenvalue weighted by atomic mass is 32.2. The van der Waals surface area contributed by atoms with Crippen LogP contribution >= 0.6 is 0 Å². The van der Waals surface area contributed by atoms with Crippen LogP contribution in [0.2, 0.25) is 0 Å². The fraction of sp³-hybridized carbons (Fsp3) is 0.533. The van der Waals surface area contributed by atoms with Crippen molar-refractivity contribution in [1.82, 2.24) is 9.62 Å². The van der Waals surface area contributed by atoms with E-state index in [2.05, 4.69) is 9.62 Å². The van der Waals surface area contributed by atoms with Crippen LogP contribution in [-0.2, 0) is 10.0 Å². The monoisotopic (exact) mass is 358 g/mol. The summed E-state index contributed by atoms with van der Waals surface area (Å²) in [5.74, 6) is -1.65. The van der Waals surface area contributed by atoms with Crippen LogP contribution in [0.3, 0.4) is 0 Å². The van der Waals surface area contributed by atoms with Gasteiger partial charge in [0.1, 0.15) is 11.3 Å². The second-order valence-electron chi connectivity index (χ2n) is 5.87. The fourth-order valence-electron chi connectivity index (χ4n) is 2.78. The third-order valence-corrected chi connectivity index (χ3v) is 5.55. The Morgan fingerprint density at radius 3 is 2.79 bits per heavy atom. The lowest BCUT2D eigenvalue weighted by Gasteiger charge is -2.31. The van der Waals surface area contributed by atoms with Crippen molar-refractivity contribution >= 4 is 16.0 Å². The molecular formula is C15H22N2O6S. The normalized spacial score (nSPS) is 19.3. The molecule has 1 heterocycles. The second-order valence-corrected chi connectivity index (χ2v) is 7.64. The predicted octanol–water partition coefficient (Wildman–Crippen LogP) is 0.0730. The van der Waals surface area contributed by atoms with E-state index in [-0.39, 0.29) is 24.0 Å². The number of phenols is 1. The van der Waals surface area contributed by atoms with E-state index in [1.54, 1.807) is 0 Å². The summed E-state index contributed by atoms with van der Waals surface area (Å²) in [5, 5.41) is 27.6. The maximum absolute atomic E-state index is 12.2. The van der Waals surface area contributed by atoms with Gasteiger partial charge >= 0.3 is 5.97 Å². The number of aromatic carboxylic acids is 1. The van der Waals surface area contributed by atoms with Crippen molar-refractivity contribution in [3.63, 3.8) is 0 Å². The lowest BCUT2D eigenvalue weighted by molar-refractivity contribution is 0.0693. The molecule has 1 aromatic carbocycles. The van der Waals surface area contributed by atoms with Crippen LogP contribution in [0.15, 0.2) is 23.1 Å². The highest BCUT2D eigenvalue weighted by molar-refractivity contribution is 7.89. The van der Waals surface area contributed by atoms with E-state index >= 15 is 0 Å². The van der Waals surface area contributed by atoms with E-state index in [0.717, 1.165) is 44.1 Å². The van der Waals surface area contributed by atoms with Gasteiger partial charge in [0.2, 0.25) is 10.0 Å². The number of aromatic hydroxyl groups is 1. The van der Waals surface area contributed by atoms with E-state index in [4.69, 9.17) is 5.11 Å². The first kappa shape index (κ1) is 18.7. The van der Waals surface area contributed by atoms with Crippen LogP contribution in [0.1, 0.15) is 23.2 Å². The molecule has 0 spiro atoms. The Labute approximate surface area is 140 Å². The molecule has 1 aliphatic rings. The van der Waals surface area contributed by atoms with Crippen LogP contribution in [0.5, 0.6) is 5.75 Å². The minimum atomic E-state index is -3.85. The molecule has 9 heteroatoms. The van der Waals surface area contributed by atoms with E-state index in [1.807, 2.05) is 0 Å². The predicted molar refractivity (Wildman–Crippen MR) is 86.5 cm³/mol. The Bertz CT molecular complexity index is 691.